The average molecular weight is 366 g/mol. The number of carbonyl (C=O) groups excluding carboxylic acids is 2. The Morgan fingerprint density at radius 2 is 1.85 bits per heavy atom. The van der Waals surface area contributed by atoms with Gasteiger partial charge in [-0.25, -0.2) is 0 Å². The van der Waals surface area contributed by atoms with Crippen molar-refractivity contribution in [2.45, 2.75) is 39.3 Å². The van der Waals surface area contributed by atoms with Crippen molar-refractivity contribution in [2.24, 2.45) is 0 Å². The number of likely N-dealkylation sites (tertiary alicyclic amines) is 1. The molecule has 2 aromatic rings. The Morgan fingerprint density at radius 1 is 1.11 bits per heavy atom. The lowest BCUT2D eigenvalue weighted by Gasteiger charge is -2.24. The molecule has 1 N–H and O–H groups in total. The maximum atomic E-state index is 12.8. The van der Waals surface area contributed by atoms with E-state index in [2.05, 4.69) is 11.4 Å². The molecule has 6 nitrogen and oxygen atoms in total. The number of rotatable bonds is 4. The van der Waals surface area contributed by atoms with Gasteiger partial charge in [0.15, 0.2) is 11.5 Å². The minimum absolute atomic E-state index is 0.00626. The summed E-state index contributed by atoms with van der Waals surface area (Å²) in [5, 5.41) is 2.97. The molecule has 0 radical (unpaired) electrons. The van der Waals surface area contributed by atoms with Gasteiger partial charge in [-0.3, -0.25) is 9.59 Å². The van der Waals surface area contributed by atoms with E-state index in [-0.39, 0.29) is 18.6 Å². The Bertz CT molecular complexity index is 889. The summed E-state index contributed by atoms with van der Waals surface area (Å²) < 4.78 is 10.7. The minimum atomic E-state index is -0.469. The number of nitrogens with one attached hydrogen (secondary N) is 1. The van der Waals surface area contributed by atoms with E-state index in [1.54, 1.807) is 4.90 Å². The van der Waals surface area contributed by atoms with E-state index in [4.69, 9.17) is 9.47 Å². The number of amides is 2. The van der Waals surface area contributed by atoms with Crippen LogP contribution in [-0.2, 0) is 16.1 Å². The molecule has 1 saturated heterocycles. The first-order valence-corrected chi connectivity index (χ1v) is 9.07. The third-order valence-corrected chi connectivity index (χ3v) is 4.91. The molecular formula is C21H22N2O4. The van der Waals surface area contributed by atoms with Crippen molar-refractivity contribution in [1.29, 1.82) is 0 Å². The number of ether oxygens (including phenoxy) is 2. The van der Waals surface area contributed by atoms with Crippen LogP contribution >= 0.6 is 0 Å². The fourth-order valence-electron chi connectivity index (χ4n) is 3.71. The third-order valence-electron chi connectivity index (χ3n) is 4.91. The molecule has 0 aromatic heterocycles. The van der Waals surface area contributed by atoms with Crippen LogP contribution in [0.1, 0.15) is 29.5 Å². The van der Waals surface area contributed by atoms with Crippen molar-refractivity contribution in [3.05, 3.63) is 53.1 Å². The van der Waals surface area contributed by atoms with E-state index in [0.29, 0.717) is 30.9 Å². The minimum Gasteiger partial charge on any atom is -0.454 e. The second-order valence-electron chi connectivity index (χ2n) is 7.13. The zero-order valence-electron chi connectivity index (χ0n) is 15.5. The first-order chi connectivity index (χ1) is 13.0. The Hall–Kier alpha value is -3.02. The predicted octanol–water partition coefficient (Wildman–Crippen LogP) is 3.16. The molecular weight excluding hydrogens is 344 g/mol. The Kier molecular flexibility index (Phi) is 4.48. The molecule has 0 aliphatic carbocycles. The maximum absolute atomic E-state index is 12.8. The molecule has 1 unspecified atom stereocenters. The van der Waals surface area contributed by atoms with Crippen molar-refractivity contribution in [2.75, 3.05) is 12.1 Å². The normalized spacial score (nSPS) is 18.1. The summed E-state index contributed by atoms with van der Waals surface area (Å²) in [4.78, 5) is 26.8. The summed E-state index contributed by atoms with van der Waals surface area (Å²) in [7, 11) is 0. The van der Waals surface area contributed by atoms with Gasteiger partial charge < -0.3 is 19.7 Å². The maximum Gasteiger partial charge on any atom is 0.247 e. The predicted molar refractivity (Wildman–Crippen MR) is 101 cm³/mol. The van der Waals surface area contributed by atoms with E-state index in [1.807, 2.05) is 44.2 Å². The van der Waals surface area contributed by atoms with Gasteiger partial charge in [-0.05, 0) is 61.2 Å². The number of carbonyl (C=O) groups is 2. The van der Waals surface area contributed by atoms with Crippen LogP contribution in [0, 0.1) is 13.8 Å². The van der Waals surface area contributed by atoms with Crippen molar-refractivity contribution in [3.63, 3.8) is 0 Å². The molecule has 2 aromatic carbocycles. The number of aryl methyl sites for hydroxylation is 2. The summed E-state index contributed by atoms with van der Waals surface area (Å²) in [6.45, 7) is 4.57. The SMILES string of the molecule is Cc1cc(C)cc(NC(=O)C2CCC(=O)N2Cc2ccc3c(c2)OCO3)c1. The second-order valence-corrected chi connectivity index (χ2v) is 7.13. The summed E-state index contributed by atoms with van der Waals surface area (Å²) in [6, 6.07) is 11.1. The van der Waals surface area contributed by atoms with Gasteiger partial charge in [0.2, 0.25) is 18.6 Å². The Labute approximate surface area is 158 Å². The molecule has 1 fully saturated rings. The van der Waals surface area contributed by atoms with Crippen molar-refractivity contribution >= 4 is 17.5 Å². The summed E-state index contributed by atoms with van der Waals surface area (Å²) >= 11 is 0. The number of hydrogen-bond acceptors (Lipinski definition) is 4. The summed E-state index contributed by atoms with van der Waals surface area (Å²) in [5.41, 5.74) is 3.86. The highest BCUT2D eigenvalue weighted by molar-refractivity contribution is 5.99. The highest BCUT2D eigenvalue weighted by Crippen LogP contribution is 2.33. The number of hydrogen-bond donors (Lipinski definition) is 1. The lowest BCUT2D eigenvalue weighted by molar-refractivity contribution is -0.133. The topological polar surface area (TPSA) is 67.9 Å². The first kappa shape index (κ1) is 17.4. The highest BCUT2D eigenvalue weighted by Gasteiger charge is 2.36. The van der Waals surface area contributed by atoms with Crippen LogP contribution < -0.4 is 14.8 Å². The van der Waals surface area contributed by atoms with E-state index in [0.717, 1.165) is 22.4 Å². The van der Waals surface area contributed by atoms with Crippen LogP contribution in [-0.4, -0.2) is 29.5 Å². The molecule has 2 amide bonds. The van der Waals surface area contributed by atoms with Crippen LogP contribution in [0.15, 0.2) is 36.4 Å². The largest absolute Gasteiger partial charge is 0.454 e. The second kappa shape index (κ2) is 6.95. The van der Waals surface area contributed by atoms with Crippen molar-refractivity contribution in [3.8, 4) is 11.5 Å². The zero-order valence-corrected chi connectivity index (χ0v) is 15.5. The van der Waals surface area contributed by atoms with Crippen molar-refractivity contribution < 1.29 is 19.1 Å². The highest BCUT2D eigenvalue weighted by atomic mass is 16.7. The van der Waals surface area contributed by atoms with Gasteiger partial charge >= 0.3 is 0 Å². The third kappa shape index (κ3) is 3.60. The molecule has 6 heteroatoms. The van der Waals surface area contributed by atoms with Crippen LogP contribution in [0.2, 0.25) is 0 Å². The molecule has 0 spiro atoms. The number of anilines is 1. The number of nitrogens with zero attached hydrogens (tertiary/aromatic N) is 1. The first-order valence-electron chi connectivity index (χ1n) is 9.07. The van der Waals surface area contributed by atoms with E-state index < -0.39 is 6.04 Å². The molecule has 2 aliphatic rings. The lowest BCUT2D eigenvalue weighted by Crippen LogP contribution is -2.41. The van der Waals surface area contributed by atoms with Crippen LogP contribution in [0.25, 0.3) is 0 Å². The van der Waals surface area contributed by atoms with E-state index in [9.17, 15) is 9.59 Å². The molecule has 0 bridgehead atoms. The molecule has 2 aliphatic heterocycles. The van der Waals surface area contributed by atoms with Gasteiger partial charge in [0.25, 0.3) is 0 Å². The van der Waals surface area contributed by atoms with Gasteiger partial charge in [0, 0.05) is 18.7 Å². The zero-order chi connectivity index (χ0) is 19.0. The monoisotopic (exact) mass is 366 g/mol. The van der Waals surface area contributed by atoms with Crippen LogP contribution in [0.5, 0.6) is 11.5 Å². The fourth-order valence-corrected chi connectivity index (χ4v) is 3.71. The van der Waals surface area contributed by atoms with Gasteiger partial charge in [0.05, 0.1) is 0 Å². The van der Waals surface area contributed by atoms with Gasteiger partial charge in [-0.1, -0.05) is 12.1 Å². The number of benzene rings is 2. The van der Waals surface area contributed by atoms with Gasteiger partial charge in [-0.2, -0.15) is 0 Å². The Morgan fingerprint density at radius 3 is 2.63 bits per heavy atom. The molecule has 27 heavy (non-hydrogen) atoms. The van der Waals surface area contributed by atoms with Crippen LogP contribution in [0.4, 0.5) is 5.69 Å². The number of fused-ring (bicyclic) bond motifs is 1. The Balaban J connectivity index is 1.49. The van der Waals surface area contributed by atoms with Gasteiger partial charge in [0.1, 0.15) is 6.04 Å². The summed E-state index contributed by atoms with van der Waals surface area (Å²) in [5.74, 6) is 1.23. The molecule has 140 valence electrons. The lowest BCUT2D eigenvalue weighted by atomic mass is 10.1. The fraction of sp³-hybridized carbons (Fsp3) is 0.333. The molecule has 2 heterocycles. The van der Waals surface area contributed by atoms with E-state index >= 15 is 0 Å². The summed E-state index contributed by atoms with van der Waals surface area (Å²) in [6.07, 6.45) is 0.912. The molecule has 1 atom stereocenters. The standard InChI is InChI=1S/C21H22N2O4/c1-13-7-14(2)9-16(8-13)22-21(25)17-4-6-20(24)23(17)11-15-3-5-18-19(10-15)27-12-26-18/h3,5,7-10,17H,4,6,11-12H2,1-2H3,(H,22,25). The van der Waals surface area contributed by atoms with Crippen molar-refractivity contribution in [1.82, 2.24) is 4.90 Å². The molecule has 0 saturated carbocycles. The van der Waals surface area contributed by atoms with E-state index in [1.165, 1.54) is 0 Å². The van der Waals surface area contributed by atoms with Gasteiger partial charge in [-0.15, -0.1) is 0 Å². The average Bonchev–Trinajstić information content (AvgIpc) is 3.21. The quantitative estimate of drug-likeness (QED) is 0.903. The molecule has 4 rings (SSSR count). The smallest absolute Gasteiger partial charge is 0.247 e. The van der Waals surface area contributed by atoms with Crippen LogP contribution in [0.3, 0.4) is 0 Å².